The minimum atomic E-state index is -0.801. The first-order valence-electron chi connectivity index (χ1n) is 14.9. The molecule has 2 saturated heterocycles. The standard InChI is InChI=1S/C32H48O5/c1-19(2)21-10-13-30(26(34)35)15-14-28(6)22(25(21)30)8-9-24-29(28,7)12-11-23-27(4,5)32(37-20(3)33)17-16-31(23,24)18-36-32/h21-25H,1,8-18H2,2-7H3,(H,34,35)/t21-,22+,23-,24-,25+,28+,29+,30-,31+,32-/m0/s1. The van der Waals surface area contributed by atoms with Gasteiger partial charge in [-0.15, -0.1) is 0 Å². The first kappa shape index (κ1) is 25.9. The van der Waals surface area contributed by atoms with Gasteiger partial charge in [-0.25, -0.2) is 0 Å². The Morgan fingerprint density at radius 3 is 2.19 bits per heavy atom. The maximum Gasteiger partial charge on any atom is 0.309 e. The Hall–Kier alpha value is -1.36. The van der Waals surface area contributed by atoms with Crippen molar-refractivity contribution in [3.05, 3.63) is 12.2 Å². The lowest BCUT2D eigenvalue weighted by atomic mass is 9.31. The lowest BCUT2D eigenvalue weighted by Gasteiger charge is -2.76. The van der Waals surface area contributed by atoms with Gasteiger partial charge in [0.25, 0.3) is 0 Å². The van der Waals surface area contributed by atoms with Crippen LogP contribution in [0.25, 0.3) is 0 Å². The third-order valence-electron chi connectivity index (χ3n) is 14.2. The highest BCUT2D eigenvalue weighted by molar-refractivity contribution is 5.76. The van der Waals surface area contributed by atoms with Crippen LogP contribution < -0.4 is 0 Å². The first-order valence-corrected chi connectivity index (χ1v) is 14.9. The summed E-state index contributed by atoms with van der Waals surface area (Å²) in [5.74, 6) is 0.371. The van der Waals surface area contributed by atoms with Crippen LogP contribution >= 0.6 is 0 Å². The third kappa shape index (κ3) is 2.86. The van der Waals surface area contributed by atoms with Crippen molar-refractivity contribution in [1.29, 1.82) is 0 Å². The topological polar surface area (TPSA) is 72.8 Å². The summed E-state index contributed by atoms with van der Waals surface area (Å²) in [6.07, 6.45) is 10.0. The van der Waals surface area contributed by atoms with Crippen LogP contribution in [0.3, 0.4) is 0 Å². The van der Waals surface area contributed by atoms with Crippen LogP contribution in [0.1, 0.15) is 106 Å². The highest BCUT2D eigenvalue weighted by Gasteiger charge is 2.76. The summed E-state index contributed by atoms with van der Waals surface area (Å²) in [5, 5.41) is 10.6. The molecular formula is C32H48O5. The van der Waals surface area contributed by atoms with E-state index in [0.29, 0.717) is 30.3 Å². The molecule has 2 aliphatic heterocycles. The van der Waals surface area contributed by atoms with Gasteiger partial charge in [-0.2, -0.15) is 0 Å². The number of esters is 1. The first-order chi connectivity index (χ1) is 17.2. The van der Waals surface area contributed by atoms with E-state index in [2.05, 4.69) is 41.2 Å². The Balaban J connectivity index is 1.40. The predicted molar refractivity (Wildman–Crippen MR) is 141 cm³/mol. The maximum absolute atomic E-state index is 12.9. The van der Waals surface area contributed by atoms with Crippen molar-refractivity contribution in [3.63, 3.8) is 0 Å². The van der Waals surface area contributed by atoms with Crippen LogP contribution in [0.15, 0.2) is 12.2 Å². The summed E-state index contributed by atoms with van der Waals surface area (Å²) in [4.78, 5) is 25.0. The van der Waals surface area contributed by atoms with Gasteiger partial charge < -0.3 is 14.6 Å². The van der Waals surface area contributed by atoms with E-state index in [1.54, 1.807) is 0 Å². The molecule has 0 aromatic heterocycles. The molecule has 5 saturated carbocycles. The Morgan fingerprint density at radius 1 is 0.865 bits per heavy atom. The van der Waals surface area contributed by atoms with Crippen molar-refractivity contribution in [2.24, 2.45) is 56.7 Å². The fourth-order valence-corrected chi connectivity index (χ4v) is 12.3. The van der Waals surface area contributed by atoms with Gasteiger partial charge in [-0.05, 0) is 105 Å². The van der Waals surface area contributed by atoms with Crippen molar-refractivity contribution in [3.8, 4) is 0 Å². The van der Waals surface area contributed by atoms with E-state index >= 15 is 0 Å². The molecule has 2 bridgehead atoms. The van der Waals surface area contributed by atoms with Gasteiger partial charge in [-0.1, -0.05) is 39.8 Å². The number of carboxylic acids is 1. The zero-order valence-electron chi connectivity index (χ0n) is 24.0. The number of hydrogen-bond acceptors (Lipinski definition) is 4. The molecule has 0 aromatic carbocycles. The quantitative estimate of drug-likeness (QED) is 0.326. The van der Waals surface area contributed by atoms with Crippen LogP contribution in [0.5, 0.6) is 0 Å². The third-order valence-corrected chi connectivity index (χ3v) is 14.2. The fraction of sp³-hybridized carbons (Fsp3) is 0.875. The van der Waals surface area contributed by atoms with E-state index in [-0.39, 0.29) is 33.5 Å². The Labute approximate surface area is 223 Å². The van der Waals surface area contributed by atoms with Gasteiger partial charge in [0.2, 0.25) is 5.79 Å². The zero-order valence-corrected chi connectivity index (χ0v) is 24.0. The van der Waals surface area contributed by atoms with E-state index in [1.165, 1.54) is 18.9 Å². The molecule has 1 N–H and O–H groups in total. The van der Waals surface area contributed by atoms with E-state index in [1.807, 2.05) is 0 Å². The number of rotatable bonds is 3. The van der Waals surface area contributed by atoms with Gasteiger partial charge in [-0.3, -0.25) is 9.59 Å². The van der Waals surface area contributed by atoms with Crippen molar-refractivity contribution in [2.45, 2.75) is 112 Å². The Kier molecular flexibility index (Phi) is 5.35. The van der Waals surface area contributed by atoms with Crippen LogP contribution in [0.2, 0.25) is 0 Å². The monoisotopic (exact) mass is 512 g/mol. The SMILES string of the molecule is C=C(C)[C@@H]1CC[C@]2(C(=O)O)CC[C@]3(C)[C@H](CC[C@@H]4[C@]56CC[C@@](OC(C)=O)(OC5)C(C)(C)[C@@H]6CC[C@]43C)[C@@H]12. The van der Waals surface area contributed by atoms with Gasteiger partial charge in [0.05, 0.1) is 12.0 Å². The van der Waals surface area contributed by atoms with E-state index in [9.17, 15) is 14.7 Å². The normalized spacial score (nSPS) is 53.3. The molecular weight excluding hydrogens is 464 g/mol. The van der Waals surface area contributed by atoms with Crippen molar-refractivity contribution in [1.82, 2.24) is 0 Å². The number of carboxylic acid groups (broad SMARTS) is 1. The van der Waals surface area contributed by atoms with Gasteiger partial charge in [0.15, 0.2) is 0 Å². The molecule has 37 heavy (non-hydrogen) atoms. The van der Waals surface area contributed by atoms with Crippen LogP contribution in [-0.2, 0) is 19.1 Å². The Morgan fingerprint density at radius 2 is 1.59 bits per heavy atom. The minimum absolute atomic E-state index is 0.108. The van der Waals surface area contributed by atoms with Gasteiger partial charge in [0, 0.05) is 24.2 Å². The maximum atomic E-state index is 12.9. The van der Waals surface area contributed by atoms with E-state index in [4.69, 9.17) is 9.47 Å². The van der Waals surface area contributed by atoms with Crippen LogP contribution in [0, 0.1) is 56.7 Å². The van der Waals surface area contributed by atoms with Crippen molar-refractivity contribution in [2.75, 3.05) is 6.61 Å². The van der Waals surface area contributed by atoms with Crippen molar-refractivity contribution < 1.29 is 24.2 Å². The number of ether oxygens (including phenoxy) is 2. The lowest BCUT2D eigenvalue weighted by molar-refractivity contribution is -0.400. The second kappa shape index (κ2) is 7.64. The van der Waals surface area contributed by atoms with Crippen molar-refractivity contribution >= 4 is 11.9 Å². The second-order valence-corrected chi connectivity index (χ2v) is 15.2. The minimum Gasteiger partial charge on any atom is -0.481 e. The molecule has 206 valence electrons. The molecule has 7 aliphatic rings. The molecule has 0 radical (unpaired) electrons. The average Bonchev–Trinajstić information content (AvgIpc) is 3.21. The molecule has 2 heterocycles. The summed E-state index contributed by atoms with van der Waals surface area (Å²) in [7, 11) is 0. The Bertz CT molecular complexity index is 1040. The molecule has 7 rings (SSSR count). The number of fused-ring (bicyclic) bond motifs is 7. The average molecular weight is 513 g/mol. The molecule has 5 heteroatoms. The van der Waals surface area contributed by atoms with Gasteiger partial charge >= 0.3 is 11.9 Å². The zero-order chi connectivity index (χ0) is 26.8. The largest absolute Gasteiger partial charge is 0.481 e. The molecule has 0 aromatic rings. The fourth-order valence-electron chi connectivity index (χ4n) is 12.3. The van der Waals surface area contributed by atoms with Crippen LogP contribution in [0.4, 0.5) is 0 Å². The smallest absolute Gasteiger partial charge is 0.309 e. The molecule has 5 nitrogen and oxygen atoms in total. The number of aliphatic carboxylic acids is 1. The van der Waals surface area contributed by atoms with Crippen LogP contribution in [-0.4, -0.2) is 29.4 Å². The summed E-state index contributed by atoms with van der Waals surface area (Å²) in [6.45, 7) is 18.4. The molecule has 5 aliphatic carbocycles. The number of carbonyl (C=O) groups excluding carboxylic acids is 1. The highest BCUT2D eigenvalue weighted by atomic mass is 16.7. The second-order valence-electron chi connectivity index (χ2n) is 15.2. The molecule has 7 fully saturated rings. The summed E-state index contributed by atoms with van der Waals surface area (Å²) in [6, 6.07) is 0. The molecule has 10 atom stereocenters. The lowest BCUT2D eigenvalue weighted by Crippen LogP contribution is -2.74. The molecule has 0 amide bonds. The molecule has 1 spiro atoms. The number of hydrogen-bond donors (Lipinski definition) is 1. The predicted octanol–water partition coefficient (Wildman–Crippen LogP) is 7.00. The molecule has 0 unspecified atom stereocenters. The van der Waals surface area contributed by atoms with E-state index < -0.39 is 17.2 Å². The summed E-state index contributed by atoms with van der Waals surface area (Å²) >= 11 is 0. The van der Waals surface area contributed by atoms with E-state index in [0.717, 1.165) is 57.8 Å². The number of allylic oxidation sites excluding steroid dienone is 1. The van der Waals surface area contributed by atoms with Gasteiger partial charge in [0.1, 0.15) is 0 Å². The highest BCUT2D eigenvalue weighted by Crippen LogP contribution is 2.79. The number of carbonyl (C=O) groups is 2. The summed E-state index contributed by atoms with van der Waals surface area (Å²) < 4.78 is 12.6. The summed E-state index contributed by atoms with van der Waals surface area (Å²) in [5.41, 5.74) is 0.758.